The van der Waals surface area contributed by atoms with E-state index in [1.165, 1.54) is 0 Å². The average Bonchev–Trinajstić information content (AvgIpc) is 2.92. The first kappa shape index (κ1) is 16.2. The first-order chi connectivity index (χ1) is 12.1. The Bertz CT molecular complexity index is 939. The Balaban J connectivity index is 1.52. The highest BCUT2D eigenvalue weighted by Gasteiger charge is 2.19. The lowest BCUT2D eigenvalue weighted by atomic mass is 10.3. The summed E-state index contributed by atoms with van der Waals surface area (Å²) in [6.07, 6.45) is 1.84. The number of pyridine rings is 1. The quantitative estimate of drug-likeness (QED) is 0.670. The van der Waals surface area contributed by atoms with Crippen molar-refractivity contribution in [2.45, 2.75) is 20.5 Å². The molecule has 4 heterocycles. The third kappa shape index (κ3) is 3.14. The van der Waals surface area contributed by atoms with Gasteiger partial charge in [-0.15, -0.1) is 0 Å². The Kier molecular flexibility index (Phi) is 4.22. The van der Waals surface area contributed by atoms with Crippen molar-refractivity contribution in [1.29, 1.82) is 0 Å². The van der Waals surface area contributed by atoms with Crippen molar-refractivity contribution in [3.63, 3.8) is 0 Å². The van der Waals surface area contributed by atoms with Crippen LogP contribution in [0.2, 0.25) is 0 Å². The van der Waals surface area contributed by atoms with E-state index in [-0.39, 0.29) is 0 Å². The van der Waals surface area contributed by atoms with Crippen molar-refractivity contribution in [2.75, 3.05) is 31.1 Å². The van der Waals surface area contributed by atoms with Crippen LogP contribution in [0, 0.1) is 18.6 Å². The van der Waals surface area contributed by atoms with Gasteiger partial charge in [-0.05, 0) is 44.3 Å². The Morgan fingerprint density at radius 3 is 2.60 bits per heavy atom. The van der Waals surface area contributed by atoms with Crippen LogP contribution in [0.15, 0.2) is 30.5 Å². The van der Waals surface area contributed by atoms with Crippen LogP contribution in [0.1, 0.15) is 11.4 Å². The lowest BCUT2D eigenvalue weighted by Gasteiger charge is -2.35. The van der Waals surface area contributed by atoms with Gasteiger partial charge < -0.3 is 4.90 Å². The van der Waals surface area contributed by atoms with Gasteiger partial charge in [-0.3, -0.25) is 4.90 Å². The summed E-state index contributed by atoms with van der Waals surface area (Å²) < 4.78 is 4.62. The largest absolute Gasteiger partial charge is 0.354 e. The van der Waals surface area contributed by atoms with E-state index in [2.05, 4.69) is 43.8 Å². The Morgan fingerprint density at radius 1 is 1.08 bits per heavy atom. The number of hydrogen-bond donors (Lipinski definition) is 0. The third-order valence-corrected chi connectivity index (χ3v) is 4.86. The molecule has 1 fully saturated rings. The van der Waals surface area contributed by atoms with Gasteiger partial charge in [0.15, 0.2) is 0 Å². The van der Waals surface area contributed by atoms with Crippen LogP contribution in [0.25, 0.3) is 5.78 Å². The zero-order valence-corrected chi connectivity index (χ0v) is 15.3. The highest BCUT2D eigenvalue weighted by atomic mass is 32.1. The zero-order chi connectivity index (χ0) is 17.4. The Labute approximate surface area is 151 Å². The van der Waals surface area contributed by atoms with Crippen LogP contribution in [-0.4, -0.2) is 55.2 Å². The standard InChI is InChI=1S/C17H21N7S/c1-13-11-14(2)24-16(19-13)20-17(25)23(24)12-21-7-9-22(10-8-21)15-5-3-4-6-18-15/h3-6,11H,7-10,12H2,1-2H3. The number of anilines is 1. The molecule has 8 heteroatoms. The van der Waals surface area contributed by atoms with Gasteiger partial charge in [0.05, 0.1) is 6.67 Å². The maximum absolute atomic E-state index is 5.47. The number of aryl methyl sites for hydroxylation is 2. The van der Waals surface area contributed by atoms with Crippen molar-refractivity contribution < 1.29 is 0 Å². The predicted octanol–water partition coefficient (Wildman–Crippen LogP) is 2.05. The van der Waals surface area contributed by atoms with Gasteiger partial charge in [0.25, 0.3) is 5.78 Å². The van der Waals surface area contributed by atoms with Gasteiger partial charge in [-0.25, -0.2) is 19.2 Å². The van der Waals surface area contributed by atoms with E-state index in [1.54, 1.807) is 0 Å². The summed E-state index contributed by atoms with van der Waals surface area (Å²) >= 11 is 5.47. The van der Waals surface area contributed by atoms with Gasteiger partial charge in [0.1, 0.15) is 5.82 Å². The van der Waals surface area contributed by atoms with Crippen molar-refractivity contribution in [1.82, 2.24) is 29.0 Å². The molecule has 7 nitrogen and oxygen atoms in total. The molecule has 0 radical (unpaired) electrons. The van der Waals surface area contributed by atoms with Crippen LogP contribution >= 0.6 is 12.2 Å². The molecule has 3 aromatic heterocycles. The summed E-state index contributed by atoms with van der Waals surface area (Å²) in [6, 6.07) is 8.10. The first-order valence-electron chi connectivity index (χ1n) is 8.44. The van der Waals surface area contributed by atoms with Gasteiger partial charge in [-0.1, -0.05) is 6.07 Å². The second-order valence-electron chi connectivity index (χ2n) is 6.38. The van der Waals surface area contributed by atoms with Crippen LogP contribution in [-0.2, 0) is 6.67 Å². The van der Waals surface area contributed by atoms with Gasteiger partial charge in [-0.2, -0.15) is 4.98 Å². The van der Waals surface area contributed by atoms with E-state index >= 15 is 0 Å². The molecule has 0 saturated carbocycles. The van der Waals surface area contributed by atoms with Crippen LogP contribution < -0.4 is 4.90 Å². The number of aromatic nitrogens is 5. The maximum atomic E-state index is 5.47. The molecule has 0 unspecified atom stereocenters. The number of rotatable bonds is 3. The van der Waals surface area contributed by atoms with E-state index in [9.17, 15) is 0 Å². The normalized spacial score (nSPS) is 15.8. The molecule has 4 rings (SSSR count). The number of fused-ring (bicyclic) bond motifs is 1. The Hall–Kier alpha value is -2.32. The first-order valence-corrected chi connectivity index (χ1v) is 8.85. The number of piperazine rings is 1. The fourth-order valence-electron chi connectivity index (χ4n) is 3.33. The molecule has 1 aliphatic rings. The van der Waals surface area contributed by atoms with E-state index < -0.39 is 0 Å². The van der Waals surface area contributed by atoms with Crippen LogP contribution in [0.4, 0.5) is 5.82 Å². The molecule has 0 N–H and O–H groups in total. The molecule has 0 aromatic carbocycles. The lowest BCUT2D eigenvalue weighted by Crippen LogP contribution is -2.47. The summed E-state index contributed by atoms with van der Waals surface area (Å²) in [5, 5.41) is 0. The molecule has 1 saturated heterocycles. The SMILES string of the molecule is Cc1cc(C)n2c(n1)nc(=S)n2CN1CCN(c2ccccn2)CC1. The van der Waals surface area contributed by atoms with E-state index in [0.29, 0.717) is 10.5 Å². The smallest absolute Gasteiger partial charge is 0.252 e. The number of nitrogens with zero attached hydrogens (tertiary/aromatic N) is 7. The molecule has 130 valence electrons. The van der Waals surface area contributed by atoms with Crippen molar-refractivity contribution >= 4 is 23.8 Å². The minimum Gasteiger partial charge on any atom is -0.354 e. The molecule has 3 aromatic rings. The molecule has 25 heavy (non-hydrogen) atoms. The topological polar surface area (TPSA) is 54.5 Å². The second-order valence-corrected chi connectivity index (χ2v) is 6.74. The summed E-state index contributed by atoms with van der Waals surface area (Å²) in [7, 11) is 0. The fraction of sp³-hybridized carbons (Fsp3) is 0.412. The average molecular weight is 355 g/mol. The van der Waals surface area contributed by atoms with Crippen molar-refractivity contribution in [3.8, 4) is 0 Å². The summed E-state index contributed by atoms with van der Waals surface area (Å²) in [5.41, 5.74) is 2.05. The van der Waals surface area contributed by atoms with Crippen LogP contribution in [0.5, 0.6) is 0 Å². The van der Waals surface area contributed by atoms with E-state index in [0.717, 1.165) is 50.1 Å². The van der Waals surface area contributed by atoms with Crippen molar-refractivity contribution in [3.05, 3.63) is 46.6 Å². The molecular weight excluding hydrogens is 334 g/mol. The lowest BCUT2D eigenvalue weighted by molar-refractivity contribution is 0.189. The van der Waals surface area contributed by atoms with E-state index in [4.69, 9.17) is 12.2 Å². The van der Waals surface area contributed by atoms with Gasteiger partial charge >= 0.3 is 0 Å². The maximum Gasteiger partial charge on any atom is 0.252 e. The molecule has 0 spiro atoms. The zero-order valence-electron chi connectivity index (χ0n) is 14.5. The monoisotopic (exact) mass is 355 g/mol. The fourth-order valence-corrected chi connectivity index (χ4v) is 3.55. The highest BCUT2D eigenvalue weighted by molar-refractivity contribution is 7.71. The Morgan fingerprint density at radius 2 is 1.88 bits per heavy atom. The van der Waals surface area contributed by atoms with Crippen LogP contribution in [0.3, 0.4) is 0 Å². The predicted molar refractivity (Wildman–Crippen MR) is 99.3 cm³/mol. The van der Waals surface area contributed by atoms with Crippen molar-refractivity contribution in [2.24, 2.45) is 0 Å². The molecule has 0 bridgehead atoms. The number of hydrogen-bond acceptors (Lipinski definition) is 6. The summed E-state index contributed by atoms with van der Waals surface area (Å²) in [4.78, 5) is 18.1. The molecular formula is C17H21N7S. The molecule has 0 amide bonds. The minimum absolute atomic E-state index is 0.577. The molecule has 0 atom stereocenters. The molecule has 0 aliphatic carbocycles. The summed E-state index contributed by atoms with van der Waals surface area (Å²) in [6.45, 7) is 8.60. The third-order valence-electron chi connectivity index (χ3n) is 4.56. The van der Waals surface area contributed by atoms with E-state index in [1.807, 2.05) is 34.5 Å². The van der Waals surface area contributed by atoms with Gasteiger partial charge in [0, 0.05) is 43.8 Å². The second kappa shape index (κ2) is 6.53. The van der Waals surface area contributed by atoms with Gasteiger partial charge in [0.2, 0.25) is 4.77 Å². The summed E-state index contributed by atoms with van der Waals surface area (Å²) in [5.74, 6) is 1.72. The minimum atomic E-state index is 0.577. The highest BCUT2D eigenvalue weighted by Crippen LogP contribution is 2.14. The molecule has 1 aliphatic heterocycles.